The van der Waals surface area contributed by atoms with Gasteiger partial charge in [0, 0.05) is 18.5 Å². The zero-order valence-corrected chi connectivity index (χ0v) is 18.0. The van der Waals surface area contributed by atoms with E-state index in [-0.39, 0.29) is 30.5 Å². The molecule has 2 aromatic heterocycles. The van der Waals surface area contributed by atoms with Crippen LogP contribution in [0.2, 0.25) is 0 Å². The first-order chi connectivity index (χ1) is 14.3. The summed E-state index contributed by atoms with van der Waals surface area (Å²) in [6.45, 7) is 2.95. The van der Waals surface area contributed by atoms with Crippen LogP contribution in [0.5, 0.6) is 0 Å². The summed E-state index contributed by atoms with van der Waals surface area (Å²) < 4.78 is 1.26. The van der Waals surface area contributed by atoms with Crippen molar-refractivity contribution in [3.8, 4) is 0 Å². The van der Waals surface area contributed by atoms with Crippen molar-refractivity contribution < 1.29 is 4.79 Å². The molecule has 0 aliphatic rings. The van der Waals surface area contributed by atoms with Crippen LogP contribution in [0, 0.1) is 6.92 Å². The molecule has 1 amide bonds. The molecule has 0 bridgehead atoms. The Bertz CT molecular complexity index is 1150. The molecular formula is C21H25N5O3S. The van der Waals surface area contributed by atoms with E-state index < -0.39 is 11.2 Å². The molecule has 0 fully saturated rings. The van der Waals surface area contributed by atoms with Crippen molar-refractivity contribution in [1.82, 2.24) is 14.5 Å². The standard InChI is InChI=1S/C21H25N5O3S/c1-14-9-10-30-16(14)12-24(2)13-17(27)25(3)18-19(22)26(21(29)23-20(18)28)11-15-7-5-4-6-8-15/h4-10H,11-13,22H2,1-3H3,(H,23,28,29). The number of hydrogen-bond acceptors (Lipinski definition) is 6. The number of nitrogen functional groups attached to an aromatic ring is 1. The summed E-state index contributed by atoms with van der Waals surface area (Å²) in [5.74, 6) is -0.339. The van der Waals surface area contributed by atoms with Crippen molar-refractivity contribution in [3.63, 3.8) is 0 Å². The molecule has 0 unspecified atom stereocenters. The molecule has 3 N–H and O–H groups in total. The summed E-state index contributed by atoms with van der Waals surface area (Å²) in [6, 6.07) is 11.3. The molecule has 0 saturated carbocycles. The second-order valence-electron chi connectivity index (χ2n) is 7.22. The average molecular weight is 428 g/mol. The Morgan fingerprint density at radius 1 is 1.17 bits per heavy atom. The maximum Gasteiger partial charge on any atom is 0.330 e. The number of nitrogens with two attached hydrogens (primary N) is 1. The summed E-state index contributed by atoms with van der Waals surface area (Å²) >= 11 is 1.64. The number of nitrogens with zero attached hydrogens (tertiary/aromatic N) is 3. The fourth-order valence-electron chi connectivity index (χ4n) is 3.15. The van der Waals surface area contributed by atoms with Crippen molar-refractivity contribution >= 4 is 28.7 Å². The molecule has 0 radical (unpaired) electrons. The minimum Gasteiger partial charge on any atom is -0.383 e. The van der Waals surface area contributed by atoms with Crippen LogP contribution in [-0.2, 0) is 17.9 Å². The number of aromatic nitrogens is 2. The number of thiophene rings is 1. The summed E-state index contributed by atoms with van der Waals surface area (Å²) in [5.41, 5.74) is 6.87. The summed E-state index contributed by atoms with van der Waals surface area (Å²) in [4.78, 5) is 44.1. The average Bonchev–Trinajstić information content (AvgIpc) is 3.10. The Kier molecular flexibility index (Phi) is 6.53. The van der Waals surface area contributed by atoms with E-state index in [2.05, 4.69) is 4.98 Å². The molecule has 158 valence electrons. The van der Waals surface area contributed by atoms with Crippen molar-refractivity contribution in [1.29, 1.82) is 0 Å². The van der Waals surface area contributed by atoms with E-state index in [1.807, 2.05) is 60.6 Å². The van der Waals surface area contributed by atoms with Crippen LogP contribution in [0.4, 0.5) is 11.5 Å². The van der Waals surface area contributed by atoms with Gasteiger partial charge in [-0.05, 0) is 36.5 Å². The molecule has 30 heavy (non-hydrogen) atoms. The fourth-order valence-corrected chi connectivity index (χ4v) is 4.14. The van der Waals surface area contributed by atoms with E-state index in [1.165, 1.54) is 27.0 Å². The Morgan fingerprint density at radius 3 is 2.50 bits per heavy atom. The van der Waals surface area contributed by atoms with Gasteiger partial charge in [0.25, 0.3) is 5.56 Å². The largest absolute Gasteiger partial charge is 0.383 e. The summed E-state index contributed by atoms with van der Waals surface area (Å²) in [5, 5.41) is 2.02. The van der Waals surface area contributed by atoms with Crippen LogP contribution in [0.3, 0.4) is 0 Å². The van der Waals surface area contributed by atoms with Crippen molar-refractivity contribution in [2.75, 3.05) is 31.3 Å². The Morgan fingerprint density at radius 2 is 1.87 bits per heavy atom. The normalized spacial score (nSPS) is 11.1. The molecular weight excluding hydrogens is 402 g/mol. The first-order valence-electron chi connectivity index (χ1n) is 9.42. The zero-order chi connectivity index (χ0) is 21.8. The maximum atomic E-state index is 12.8. The van der Waals surface area contributed by atoms with Gasteiger partial charge in [-0.3, -0.25) is 24.0 Å². The highest BCUT2D eigenvalue weighted by atomic mass is 32.1. The molecule has 0 saturated heterocycles. The van der Waals surface area contributed by atoms with Crippen LogP contribution < -0.4 is 21.9 Å². The lowest BCUT2D eigenvalue weighted by Gasteiger charge is -2.23. The molecule has 0 atom stereocenters. The number of carbonyl (C=O) groups is 1. The van der Waals surface area contributed by atoms with Gasteiger partial charge in [0.05, 0.1) is 13.1 Å². The molecule has 2 heterocycles. The first-order valence-corrected chi connectivity index (χ1v) is 10.3. The third kappa shape index (κ3) is 4.69. The van der Waals surface area contributed by atoms with Gasteiger partial charge in [0.1, 0.15) is 5.82 Å². The lowest BCUT2D eigenvalue weighted by molar-refractivity contribution is -0.119. The summed E-state index contributed by atoms with van der Waals surface area (Å²) in [6.07, 6.45) is 0. The highest BCUT2D eigenvalue weighted by Crippen LogP contribution is 2.19. The van der Waals surface area contributed by atoms with Gasteiger partial charge in [-0.25, -0.2) is 4.79 Å². The maximum absolute atomic E-state index is 12.8. The Hall–Kier alpha value is -3.17. The predicted molar refractivity (Wildman–Crippen MR) is 120 cm³/mol. The van der Waals surface area contributed by atoms with E-state index in [9.17, 15) is 14.4 Å². The smallest absolute Gasteiger partial charge is 0.330 e. The number of hydrogen-bond donors (Lipinski definition) is 2. The topological polar surface area (TPSA) is 104 Å². The molecule has 0 aliphatic carbocycles. The minimum absolute atomic E-state index is 0.0313. The summed E-state index contributed by atoms with van der Waals surface area (Å²) in [7, 11) is 3.33. The number of aromatic amines is 1. The lowest BCUT2D eigenvalue weighted by atomic mass is 10.2. The zero-order valence-electron chi connectivity index (χ0n) is 17.2. The minimum atomic E-state index is -0.686. The molecule has 0 aliphatic heterocycles. The van der Waals surface area contributed by atoms with E-state index in [0.29, 0.717) is 6.54 Å². The highest BCUT2D eigenvalue weighted by molar-refractivity contribution is 7.10. The number of rotatable bonds is 7. The molecule has 3 aromatic rings. The third-order valence-corrected chi connectivity index (χ3v) is 5.90. The van der Waals surface area contributed by atoms with Crippen molar-refractivity contribution in [2.45, 2.75) is 20.0 Å². The van der Waals surface area contributed by atoms with Crippen molar-refractivity contribution in [2.24, 2.45) is 0 Å². The second kappa shape index (κ2) is 9.10. The van der Waals surface area contributed by atoms with Crippen LogP contribution in [0.15, 0.2) is 51.4 Å². The molecule has 3 rings (SSSR count). The SMILES string of the molecule is Cc1ccsc1CN(C)CC(=O)N(C)c1c(N)n(Cc2ccccc2)c(=O)[nH]c1=O. The number of likely N-dealkylation sites (N-methyl/N-ethyl adjacent to an activating group) is 2. The number of amides is 1. The van der Waals surface area contributed by atoms with Gasteiger partial charge in [-0.1, -0.05) is 30.3 Å². The number of nitrogens with one attached hydrogen (secondary N) is 1. The van der Waals surface area contributed by atoms with Crippen LogP contribution in [0.25, 0.3) is 0 Å². The van der Waals surface area contributed by atoms with Gasteiger partial charge in [0.15, 0.2) is 5.69 Å². The van der Waals surface area contributed by atoms with Crippen LogP contribution in [0.1, 0.15) is 16.0 Å². The molecule has 1 aromatic carbocycles. The number of H-pyrrole nitrogens is 1. The number of anilines is 2. The van der Waals surface area contributed by atoms with E-state index in [0.717, 1.165) is 5.56 Å². The van der Waals surface area contributed by atoms with Gasteiger partial charge in [-0.2, -0.15) is 0 Å². The fraction of sp³-hybridized carbons (Fsp3) is 0.286. The molecule has 9 heteroatoms. The van der Waals surface area contributed by atoms with Gasteiger partial charge in [0.2, 0.25) is 5.91 Å². The van der Waals surface area contributed by atoms with Gasteiger partial charge >= 0.3 is 5.69 Å². The van der Waals surface area contributed by atoms with E-state index in [4.69, 9.17) is 5.73 Å². The van der Waals surface area contributed by atoms with Gasteiger partial charge < -0.3 is 10.6 Å². The first kappa shape index (κ1) is 21.5. The Balaban J connectivity index is 1.82. The number of benzene rings is 1. The quantitative estimate of drug-likeness (QED) is 0.596. The Labute approximate surface area is 178 Å². The van der Waals surface area contributed by atoms with E-state index >= 15 is 0 Å². The van der Waals surface area contributed by atoms with Crippen LogP contribution in [-0.4, -0.2) is 41.0 Å². The van der Waals surface area contributed by atoms with Crippen molar-refractivity contribution in [3.05, 3.63) is 78.6 Å². The van der Waals surface area contributed by atoms with Gasteiger partial charge in [-0.15, -0.1) is 11.3 Å². The lowest BCUT2D eigenvalue weighted by Crippen LogP contribution is -2.42. The number of aryl methyl sites for hydroxylation is 1. The number of carbonyl (C=O) groups excluding carboxylic acids is 1. The monoisotopic (exact) mass is 427 g/mol. The third-order valence-electron chi connectivity index (χ3n) is 4.89. The van der Waals surface area contributed by atoms with E-state index in [1.54, 1.807) is 11.3 Å². The van der Waals surface area contributed by atoms with Crippen LogP contribution >= 0.6 is 11.3 Å². The predicted octanol–water partition coefficient (Wildman–Crippen LogP) is 1.63. The molecule has 8 nitrogen and oxygen atoms in total. The molecule has 0 spiro atoms. The second-order valence-corrected chi connectivity index (χ2v) is 8.22. The highest BCUT2D eigenvalue weighted by Gasteiger charge is 2.22.